The van der Waals surface area contributed by atoms with Crippen molar-refractivity contribution < 1.29 is 27.5 Å². The van der Waals surface area contributed by atoms with Crippen LogP contribution in [0.25, 0.3) is 0 Å². The molecular formula is C30H26O6S. The fourth-order valence-electron chi connectivity index (χ4n) is 3.77. The van der Waals surface area contributed by atoms with Crippen molar-refractivity contribution in [2.75, 3.05) is 7.11 Å². The molecule has 37 heavy (non-hydrogen) atoms. The summed E-state index contributed by atoms with van der Waals surface area (Å²) in [6.07, 6.45) is -1.15. The van der Waals surface area contributed by atoms with Crippen molar-refractivity contribution in [2.24, 2.45) is 0 Å². The van der Waals surface area contributed by atoms with Gasteiger partial charge >= 0.3 is 5.97 Å². The summed E-state index contributed by atoms with van der Waals surface area (Å²) in [5, 5.41) is 0. The summed E-state index contributed by atoms with van der Waals surface area (Å²) in [4.78, 5) is 26.5. The van der Waals surface area contributed by atoms with Gasteiger partial charge in [0.2, 0.25) is 5.78 Å². The predicted octanol–water partition coefficient (Wildman–Crippen LogP) is 5.76. The van der Waals surface area contributed by atoms with Gasteiger partial charge in [-0.3, -0.25) is 4.79 Å². The van der Waals surface area contributed by atoms with Crippen molar-refractivity contribution in [1.82, 2.24) is 0 Å². The third-order valence-electron chi connectivity index (χ3n) is 5.87. The molecule has 0 spiro atoms. The van der Waals surface area contributed by atoms with Crippen molar-refractivity contribution in [1.29, 1.82) is 0 Å². The SMILES string of the molecule is COc1ccc(C(=O)[C@@H](OC(=O)c2ccc(CS(=O)(=O)c3ccc(C)cc3)cc2)c2ccccc2)cc1. The summed E-state index contributed by atoms with van der Waals surface area (Å²) in [5.74, 6) is -0.658. The van der Waals surface area contributed by atoms with Crippen molar-refractivity contribution in [3.63, 3.8) is 0 Å². The van der Waals surface area contributed by atoms with Crippen LogP contribution in [0.1, 0.15) is 43.5 Å². The van der Waals surface area contributed by atoms with Crippen LogP contribution in [0.4, 0.5) is 0 Å². The van der Waals surface area contributed by atoms with Gasteiger partial charge in [-0.05, 0) is 61.0 Å². The number of ether oxygens (including phenoxy) is 2. The van der Waals surface area contributed by atoms with Crippen molar-refractivity contribution in [2.45, 2.75) is 23.7 Å². The number of hydrogen-bond acceptors (Lipinski definition) is 6. The van der Waals surface area contributed by atoms with E-state index in [1.807, 2.05) is 13.0 Å². The lowest BCUT2D eigenvalue weighted by atomic mass is 9.99. The van der Waals surface area contributed by atoms with Crippen LogP contribution in [0, 0.1) is 6.92 Å². The van der Waals surface area contributed by atoms with Gasteiger partial charge < -0.3 is 9.47 Å². The van der Waals surface area contributed by atoms with Crippen LogP contribution in [0.2, 0.25) is 0 Å². The lowest BCUT2D eigenvalue weighted by molar-refractivity contribution is 0.0280. The van der Waals surface area contributed by atoms with E-state index in [1.165, 1.54) is 19.2 Å². The molecule has 6 nitrogen and oxygen atoms in total. The fraction of sp³-hybridized carbons (Fsp3) is 0.133. The van der Waals surface area contributed by atoms with E-state index in [0.717, 1.165) is 5.56 Å². The summed E-state index contributed by atoms with van der Waals surface area (Å²) >= 11 is 0. The third kappa shape index (κ3) is 6.32. The van der Waals surface area contributed by atoms with Crippen LogP contribution >= 0.6 is 0 Å². The zero-order valence-electron chi connectivity index (χ0n) is 20.5. The molecule has 0 aliphatic rings. The molecule has 188 valence electrons. The van der Waals surface area contributed by atoms with E-state index < -0.39 is 21.9 Å². The highest BCUT2D eigenvalue weighted by Crippen LogP contribution is 2.26. The summed E-state index contributed by atoms with van der Waals surface area (Å²) in [7, 11) is -2.00. The van der Waals surface area contributed by atoms with Gasteiger partial charge in [0, 0.05) is 11.1 Å². The Bertz CT molecular complexity index is 1470. The largest absolute Gasteiger partial charge is 0.497 e. The lowest BCUT2D eigenvalue weighted by Crippen LogP contribution is -2.20. The van der Waals surface area contributed by atoms with Gasteiger partial charge in [0.25, 0.3) is 0 Å². The number of hydrogen-bond donors (Lipinski definition) is 0. The molecule has 0 saturated heterocycles. The Morgan fingerprint density at radius 1 is 0.757 bits per heavy atom. The van der Waals surface area contributed by atoms with Crippen molar-refractivity contribution >= 4 is 21.6 Å². The van der Waals surface area contributed by atoms with E-state index in [2.05, 4.69) is 0 Å². The van der Waals surface area contributed by atoms with Gasteiger partial charge in [-0.15, -0.1) is 0 Å². The minimum absolute atomic E-state index is 0.200. The van der Waals surface area contributed by atoms with Crippen molar-refractivity contribution in [3.05, 3.63) is 131 Å². The van der Waals surface area contributed by atoms with Crippen LogP contribution in [-0.2, 0) is 20.3 Å². The Hall–Kier alpha value is -4.23. The standard InChI is InChI=1S/C30H26O6S/c1-21-8-18-27(19-9-21)37(33,34)20-22-10-12-25(13-11-22)30(32)36-29(24-6-4-3-5-7-24)28(31)23-14-16-26(35-2)17-15-23/h3-19,29H,20H2,1-2H3/t29-/m0/s1. The Morgan fingerprint density at radius 3 is 1.95 bits per heavy atom. The fourth-order valence-corrected chi connectivity index (χ4v) is 5.12. The molecule has 4 aromatic rings. The molecule has 0 aliphatic heterocycles. The number of benzene rings is 4. The first-order valence-electron chi connectivity index (χ1n) is 11.6. The number of sulfone groups is 1. The molecule has 0 saturated carbocycles. The second kappa shape index (κ2) is 11.2. The Labute approximate surface area is 216 Å². The first kappa shape index (κ1) is 25.9. The molecule has 0 aliphatic carbocycles. The Morgan fingerprint density at radius 2 is 1.35 bits per heavy atom. The average Bonchev–Trinajstić information content (AvgIpc) is 2.92. The van der Waals surface area contributed by atoms with Crippen LogP contribution < -0.4 is 4.74 Å². The minimum atomic E-state index is -3.53. The first-order valence-corrected chi connectivity index (χ1v) is 13.2. The number of aryl methyl sites for hydroxylation is 1. The number of methoxy groups -OCH3 is 1. The van der Waals surface area contributed by atoms with E-state index in [0.29, 0.717) is 22.4 Å². The van der Waals surface area contributed by atoms with E-state index in [4.69, 9.17) is 9.47 Å². The summed E-state index contributed by atoms with van der Waals surface area (Å²) in [6.45, 7) is 1.89. The topological polar surface area (TPSA) is 86.7 Å². The normalized spacial score (nSPS) is 11.9. The second-order valence-electron chi connectivity index (χ2n) is 8.56. The molecule has 0 heterocycles. The van der Waals surface area contributed by atoms with Crippen LogP contribution in [-0.4, -0.2) is 27.3 Å². The second-order valence-corrected chi connectivity index (χ2v) is 10.5. The summed E-state index contributed by atoms with van der Waals surface area (Å²) in [6, 6.07) is 28.2. The van der Waals surface area contributed by atoms with Gasteiger partial charge in [0.05, 0.1) is 23.3 Å². The average molecular weight is 515 g/mol. The van der Waals surface area contributed by atoms with Gasteiger partial charge in [0.1, 0.15) is 5.75 Å². The first-order chi connectivity index (χ1) is 17.8. The highest BCUT2D eigenvalue weighted by molar-refractivity contribution is 7.90. The zero-order chi connectivity index (χ0) is 26.4. The van der Waals surface area contributed by atoms with Crippen LogP contribution in [0.3, 0.4) is 0 Å². The van der Waals surface area contributed by atoms with Crippen molar-refractivity contribution in [3.8, 4) is 5.75 Å². The smallest absolute Gasteiger partial charge is 0.339 e. The number of carbonyl (C=O) groups is 2. The maximum atomic E-state index is 13.3. The molecule has 1 atom stereocenters. The predicted molar refractivity (Wildman–Crippen MR) is 140 cm³/mol. The molecule has 0 N–H and O–H groups in total. The van der Waals surface area contributed by atoms with Crippen LogP contribution in [0.15, 0.2) is 108 Å². The maximum Gasteiger partial charge on any atom is 0.339 e. The molecule has 0 unspecified atom stereocenters. The number of rotatable bonds is 9. The monoisotopic (exact) mass is 514 g/mol. The highest BCUT2D eigenvalue weighted by Gasteiger charge is 2.27. The third-order valence-corrected chi connectivity index (χ3v) is 7.57. The summed E-state index contributed by atoms with van der Waals surface area (Å²) in [5.41, 5.74) is 2.63. The molecular weight excluding hydrogens is 488 g/mol. The highest BCUT2D eigenvalue weighted by atomic mass is 32.2. The number of Topliss-reactive ketones (excluding diaryl/α,β-unsaturated/α-hetero) is 1. The van der Waals surface area contributed by atoms with Crippen LogP contribution in [0.5, 0.6) is 5.75 Å². The van der Waals surface area contributed by atoms with E-state index >= 15 is 0 Å². The van der Waals surface area contributed by atoms with E-state index in [-0.39, 0.29) is 22.0 Å². The molecule has 0 amide bonds. The lowest BCUT2D eigenvalue weighted by Gasteiger charge is -2.18. The van der Waals surface area contributed by atoms with Gasteiger partial charge in [-0.25, -0.2) is 13.2 Å². The zero-order valence-corrected chi connectivity index (χ0v) is 21.3. The van der Waals surface area contributed by atoms with Gasteiger partial charge in [-0.2, -0.15) is 0 Å². The minimum Gasteiger partial charge on any atom is -0.497 e. The molecule has 0 fully saturated rings. The van der Waals surface area contributed by atoms with E-state index in [1.54, 1.807) is 84.9 Å². The summed E-state index contributed by atoms with van der Waals surface area (Å²) < 4.78 is 36.3. The molecule has 7 heteroatoms. The molecule has 0 radical (unpaired) electrons. The van der Waals surface area contributed by atoms with E-state index in [9.17, 15) is 18.0 Å². The quantitative estimate of drug-likeness (QED) is 0.209. The van der Waals surface area contributed by atoms with Gasteiger partial charge in [-0.1, -0.05) is 60.2 Å². The maximum absolute atomic E-state index is 13.3. The molecule has 4 rings (SSSR count). The molecule has 0 bridgehead atoms. The molecule has 0 aromatic heterocycles. The number of carbonyl (C=O) groups excluding carboxylic acids is 2. The Balaban J connectivity index is 1.52. The van der Waals surface area contributed by atoms with Gasteiger partial charge in [0.15, 0.2) is 15.9 Å². The Kier molecular flexibility index (Phi) is 7.84. The molecule has 4 aromatic carbocycles. The number of esters is 1. The number of ketones is 1.